The van der Waals surface area contributed by atoms with Gasteiger partial charge in [-0.2, -0.15) is 0 Å². The van der Waals surface area contributed by atoms with Crippen molar-refractivity contribution in [3.8, 4) is 0 Å². The van der Waals surface area contributed by atoms with Crippen LogP contribution in [0.5, 0.6) is 0 Å². The van der Waals surface area contributed by atoms with E-state index >= 15 is 0 Å². The van der Waals surface area contributed by atoms with E-state index in [9.17, 15) is 8.42 Å². The van der Waals surface area contributed by atoms with E-state index < -0.39 is 10.0 Å². The van der Waals surface area contributed by atoms with Crippen LogP contribution in [0.3, 0.4) is 0 Å². The van der Waals surface area contributed by atoms with Gasteiger partial charge >= 0.3 is 0 Å². The first-order valence-electron chi connectivity index (χ1n) is 7.22. The van der Waals surface area contributed by atoms with Crippen LogP contribution in [0, 0.1) is 0 Å². The number of sulfonamides is 1. The third-order valence-electron chi connectivity index (χ3n) is 3.60. The number of rotatable bonds is 6. The van der Waals surface area contributed by atoms with Gasteiger partial charge in [-0.15, -0.1) is 0 Å². The highest BCUT2D eigenvalue weighted by atomic mass is 79.9. The van der Waals surface area contributed by atoms with Crippen molar-refractivity contribution in [3.63, 3.8) is 0 Å². The zero-order valence-corrected chi connectivity index (χ0v) is 14.6. The van der Waals surface area contributed by atoms with Crippen LogP contribution in [-0.4, -0.2) is 51.8 Å². The maximum absolute atomic E-state index is 12.2. The maximum Gasteiger partial charge on any atom is 0.233 e. The first-order chi connectivity index (χ1) is 10.00. The summed E-state index contributed by atoms with van der Waals surface area (Å²) in [7, 11) is -3.31. The highest BCUT2D eigenvalue weighted by Crippen LogP contribution is 2.22. The lowest BCUT2D eigenvalue weighted by molar-refractivity contribution is 0.254. The molecule has 2 rings (SSSR count). The van der Waals surface area contributed by atoms with E-state index in [1.807, 2.05) is 25.1 Å². The molecule has 1 aliphatic rings. The molecule has 2 N–H and O–H groups in total. The summed E-state index contributed by atoms with van der Waals surface area (Å²) in [5.74, 6) is 0.131. The minimum atomic E-state index is -3.31. The van der Waals surface area contributed by atoms with Crippen LogP contribution < -0.4 is 10.0 Å². The molecule has 1 aromatic rings. The number of halogens is 1. The average Bonchev–Trinajstić information content (AvgIpc) is 2.48. The third kappa shape index (κ3) is 5.25. The van der Waals surface area contributed by atoms with Gasteiger partial charge in [0, 0.05) is 37.2 Å². The van der Waals surface area contributed by atoms with Crippen molar-refractivity contribution < 1.29 is 8.42 Å². The summed E-state index contributed by atoms with van der Waals surface area (Å²) in [6, 6.07) is 5.62. The van der Waals surface area contributed by atoms with E-state index in [-0.39, 0.29) is 5.75 Å². The van der Waals surface area contributed by atoms with E-state index in [2.05, 4.69) is 30.9 Å². The van der Waals surface area contributed by atoms with Gasteiger partial charge in [0.25, 0.3) is 0 Å². The first kappa shape index (κ1) is 16.7. The van der Waals surface area contributed by atoms with Gasteiger partial charge in [-0.25, -0.2) is 8.42 Å². The Morgan fingerprint density at radius 1 is 1.33 bits per heavy atom. The van der Waals surface area contributed by atoms with E-state index in [1.54, 1.807) is 0 Å². The van der Waals surface area contributed by atoms with Crippen molar-refractivity contribution in [1.82, 2.24) is 10.2 Å². The second kappa shape index (κ2) is 7.58. The van der Waals surface area contributed by atoms with Crippen molar-refractivity contribution >= 4 is 31.6 Å². The molecule has 1 fully saturated rings. The minimum Gasteiger partial charge on any atom is -0.314 e. The van der Waals surface area contributed by atoms with Gasteiger partial charge in [-0.3, -0.25) is 9.62 Å². The molecule has 0 aromatic heterocycles. The van der Waals surface area contributed by atoms with Crippen LogP contribution in [0.1, 0.15) is 12.5 Å². The molecule has 0 amide bonds. The fourth-order valence-corrected chi connectivity index (χ4v) is 3.90. The number of aryl methyl sites for hydroxylation is 1. The van der Waals surface area contributed by atoms with Crippen LogP contribution in [-0.2, 0) is 16.4 Å². The molecule has 0 bridgehead atoms. The lowest BCUT2D eigenvalue weighted by Gasteiger charge is -2.27. The van der Waals surface area contributed by atoms with Crippen LogP contribution in [0.15, 0.2) is 22.7 Å². The fourth-order valence-electron chi connectivity index (χ4n) is 2.36. The summed E-state index contributed by atoms with van der Waals surface area (Å²) in [6.07, 6.45) is 0.787. The Kier molecular flexibility index (Phi) is 6.04. The van der Waals surface area contributed by atoms with Gasteiger partial charge in [-0.05, 0) is 30.2 Å². The monoisotopic (exact) mass is 375 g/mol. The summed E-state index contributed by atoms with van der Waals surface area (Å²) in [5, 5.41) is 3.26. The highest BCUT2D eigenvalue weighted by molar-refractivity contribution is 9.10. The zero-order valence-electron chi connectivity index (χ0n) is 12.2. The lowest BCUT2D eigenvalue weighted by Crippen LogP contribution is -2.45. The number of anilines is 1. The topological polar surface area (TPSA) is 61.4 Å². The molecular weight excluding hydrogens is 354 g/mol. The summed E-state index contributed by atoms with van der Waals surface area (Å²) in [6.45, 7) is 6.28. The van der Waals surface area contributed by atoms with Gasteiger partial charge in [0.2, 0.25) is 10.0 Å². The molecule has 21 heavy (non-hydrogen) atoms. The number of hydrogen-bond donors (Lipinski definition) is 2. The quantitative estimate of drug-likeness (QED) is 0.793. The molecule has 1 aliphatic heterocycles. The number of nitrogens with one attached hydrogen (secondary N) is 2. The molecule has 7 heteroatoms. The molecule has 0 unspecified atom stereocenters. The Morgan fingerprint density at radius 3 is 2.71 bits per heavy atom. The van der Waals surface area contributed by atoms with Crippen molar-refractivity contribution in [3.05, 3.63) is 28.2 Å². The Bertz CT molecular complexity index is 572. The molecule has 0 atom stereocenters. The van der Waals surface area contributed by atoms with E-state index in [0.717, 1.165) is 42.6 Å². The average molecular weight is 376 g/mol. The molecule has 5 nitrogen and oxygen atoms in total. The number of piperazine rings is 1. The predicted molar refractivity (Wildman–Crippen MR) is 90.2 cm³/mol. The van der Waals surface area contributed by atoms with Crippen LogP contribution in [0.4, 0.5) is 5.69 Å². The van der Waals surface area contributed by atoms with Crippen LogP contribution >= 0.6 is 15.9 Å². The Labute approximate surface area is 135 Å². The SMILES string of the molecule is CCc1cc(Br)ccc1NS(=O)(=O)CCN1CCNCC1. The summed E-state index contributed by atoms with van der Waals surface area (Å²) >= 11 is 3.41. The van der Waals surface area contributed by atoms with Gasteiger partial charge in [0.1, 0.15) is 0 Å². The molecule has 0 aliphatic carbocycles. The molecule has 1 aromatic carbocycles. The summed E-state index contributed by atoms with van der Waals surface area (Å²) in [4.78, 5) is 2.18. The first-order valence-corrected chi connectivity index (χ1v) is 9.66. The van der Waals surface area contributed by atoms with Crippen molar-refractivity contribution in [2.75, 3.05) is 43.2 Å². The van der Waals surface area contributed by atoms with Gasteiger partial charge in [0.15, 0.2) is 0 Å². The third-order valence-corrected chi connectivity index (χ3v) is 5.34. The van der Waals surface area contributed by atoms with Crippen molar-refractivity contribution in [2.24, 2.45) is 0 Å². The molecular formula is C14H22BrN3O2S. The van der Waals surface area contributed by atoms with Crippen molar-refractivity contribution in [1.29, 1.82) is 0 Å². The number of hydrogen-bond acceptors (Lipinski definition) is 4. The minimum absolute atomic E-state index is 0.131. The van der Waals surface area contributed by atoms with Crippen LogP contribution in [0.25, 0.3) is 0 Å². The summed E-state index contributed by atoms with van der Waals surface area (Å²) in [5.41, 5.74) is 1.68. The van der Waals surface area contributed by atoms with E-state index in [4.69, 9.17) is 0 Å². The second-order valence-corrected chi connectivity index (χ2v) is 7.93. The van der Waals surface area contributed by atoms with E-state index in [0.29, 0.717) is 12.2 Å². The molecule has 1 heterocycles. The summed E-state index contributed by atoms with van der Waals surface area (Å²) < 4.78 is 28.1. The largest absolute Gasteiger partial charge is 0.314 e. The normalized spacial score (nSPS) is 16.9. The Hall–Kier alpha value is -0.630. The van der Waals surface area contributed by atoms with E-state index in [1.165, 1.54) is 0 Å². The number of nitrogens with zero attached hydrogens (tertiary/aromatic N) is 1. The number of benzene rings is 1. The fraction of sp³-hybridized carbons (Fsp3) is 0.571. The standard InChI is InChI=1S/C14H22BrN3O2S/c1-2-12-11-13(15)3-4-14(12)17-21(19,20)10-9-18-7-5-16-6-8-18/h3-4,11,16-17H,2,5-10H2,1H3. The molecule has 0 radical (unpaired) electrons. The van der Waals surface area contributed by atoms with Crippen molar-refractivity contribution in [2.45, 2.75) is 13.3 Å². The van der Waals surface area contributed by atoms with Gasteiger partial charge in [0.05, 0.1) is 11.4 Å². The lowest BCUT2D eigenvalue weighted by atomic mass is 10.1. The van der Waals surface area contributed by atoms with Crippen LogP contribution in [0.2, 0.25) is 0 Å². The Balaban J connectivity index is 1.97. The Morgan fingerprint density at radius 2 is 2.05 bits per heavy atom. The highest BCUT2D eigenvalue weighted by Gasteiger charge is 2.16. The molecule has 118 valence electrons. The second-order valence-electron chi connectivity index (χ2n) is 5.17. The molecule has 0 saturated carbocycles. The predicted octanol–water partition coefficient (Wildman–Crippen LogP) is 1.66. The van der Waals surface area contributed by atoms with Gasteiger partial charge in [-0.1, -0.05) is 22.9 Å². The van der Waals surface area contributed by atoms with Gasteiger partial charge < -0.3 is 5.32 Å². The smallest absolute Gasteiger partial charge is 0.233 e. The maximum atomic E-state index is 12.2. The molecule has 1 saturated heterocycles. The molecule has 0 spiro atoms. The zero-order chi connectivity index (χ0) is 15.3.